The van der Waals surface area contributed by atoms with Crippen LogP contribution in [0.1, 0.15) is 35.8 Å². The Hall–Kier alpha value is -2.17. The van der Waals surface area contributed by atoms with E-state index in [1.165, 1.54) is 12.1 Å². The van der Waals surface area contributed by atoms with Crippen LogP contribution in [0.3, 0.4) is 0 Å². The molecule has 5 heteroatoms. The molecule has 0 aliphatic rings. The molecule has 0 saturated heterocycles. The van der Waals surface area contributed by atoms with Gasteiger partial charge in [-0.2, -0.15) is 5.10 Å². The van der Waals surface area contributed by atoms with Crippen molar-refractivity contribution in [2.45, 2.75) is 19.8 Å². The number of aryl methyl sites for hydroxylation is 1. The summed E-state index contributed by atoms with van der Waals surface area (Å²) in [5.41, 5.74) is 2.01. The molecule has 2 rings (SSSR count). The van der Waals surface area contributed by atoms with Crippen LogP contribution in [0.5, 0.6) is 0 Å². The molecule has 0 spiro atoms. The van der Waals surface area contributed by atoms with E-state index in [0.717, 1.165) is 11.3 Å². The Kier molecular flexibility index (Phi) is 3.38. The van der Waals surface area contributed by atoms with Crippen LogP contribution in [0.15, 0.2) is 24.4 Å². The highest BCUT2D eigenvalue weighted by atomic mass is 19.1. The van der Waals surface area contributed by atoms with Crippen LogP contribution in [0.4, 0.5) is 4.39 Å². The lowest BCUT2D eigenvalue weighted by Gasteiger charge is -2.06. The predicted octanol–water partition coefficient (Wildman–Crippen LogP) is 3.05. The molecule has 1 N–H and O–H groups in total. The first-order valence-corrected chi connectivity index (χ1v) is 5.97. The molecular formula is C14H15FN2O2. The van der Waals surface area contributed by atoms with Gasteiger partial charge in [-0.25, -0.2) is 9.18 Å². The highest BCUT2D eigenvalue weighted by Gasteiger charge is 2.16. The van der Waals surface area contributed by atoms with Crippen molar-refractivity contribution in [2.24, 2.45) is 7.05 Å². The summed E-state index contributed by atoms with van der Waals surface area (Å²) in [6.07, 6.45) is 1.81. The van der Waals surface area contributed by atoms with E-state index >= 15 is 0 Å². The number of carboxylic acids is 1. The zero-order valence-corrected chi connectivity index (χ0v) is 11.0. The van der Waals surface area contributed by atoms with Gasteiger partial charge in [0.2, 0.25) is 0 Å². The van der Waals surface area contributed by atoms with E-state index in [2.05, 4.69) is 5.10 Å². The predicted molar refractivity (Wildman–Crippen MR) is 69.7 cm³/mol. The molecule has 0 fully saturated rings. The van der Waals surface area contributed by atoms with Crippen molar-refractivity contribution < 1.29 is 14.3 Å². The van der Waals surface area contributed by atoms with Crippen LogP contribution in [-0.4, -0.2) is 20.9 Å². The fourth-order valence-corrected chi connectivity index (χ4v) is 2.01. The molecule has 0 bridgehead atoms. The molecule has 1 heterocycles. The number of carbonyl (C=O) groups is 1. The third-order valence-electron chi connectivity index (χ3n) is 2.91. The molecule has 2 aromatic rings. The van der Waals surface area contributed by atoms with Crippen molar-refractivity contribution in [3.05, 3.63) is 41.5 Å². The van der Waals surface area contributed by atoms with E-state index in [-0.39, 0.29) is 11.5 Å². The van der Waals surface area contributed by atoms with Gasteiger partial charge >= 0.3 is 5.97 Å². The van der Waals surface area contributed by atoms with E-state index in [4.69, 9.17) is 5.11 Å². The molecule has 0 amide bonds. The minimum Gasteiger partial charge on any atom is -0.478 e. The molecule has 0 aliphatic heterocycles. The zero-order valence-electron chi connectivity index (χ0n) is 11.0. The highest BCUT2D eigenvalue weighted by molar-refractivity contribution is 5.88. The number of hydrogen-bond donors (Lipinski definition) is 1. The Balaban J connectivity index is 2.54. The summed E-state index contributed by atoms with van der Waals surface area (Å²) < 4.78 is 15.4. The summed E-state index contributed by atoms with van der Waals surface area (Å²) in [4.78, 5) is 10.8. The summed E-state index contributed by atoms with van der Waals surface area (Å²) in [6.45, 7) is 4.02. The third-order valence-corrected chi connectivity index (χ3v) is 2.91. The standard InChI is InChI=1S/C14H15FN2O2/c1-8(2)13-11(7-17(3)16-13)9-4-5-10(14(18)19)12(15)6-9/h4-8H,1-3H3,(H,18,19). The number of aromatic carboxylic acids is 1. The molecule has 0 radical (unpaired) electrons. The van der Waals surface area contributed by atoms with E-state index in [1.54, 1.807) is 17.8 Å². The van der Waals surface area contributed by atoms with Crippen molar-refractivity contribution in [1.82, 2.24) is 9.78 Å². The first kappa shape index (κ1) is 13.3. The molecule has 100 valence electrons. The Morgan fingerprint density at radius 2 is 2.11 bits per heavy atom. The van der Waals surface area contributed by atoms with E-state index in [0.29, 0.717) is 5.56 Å². The second-order valence-electron chi connectivity index (χ2n) is 4.76. The summed E-state index contributed by atoms with van der Waals surface area (Å²) in [6, 6.07) is 4.13. The monoisotopic (exact) mass is 262 g/mol. The highest BCUT2D eigenvalue weighted by Crippen LogP contribution is 2.29. The lowest BCUT2D eigenvalue weighted by Crippen LogP contribution is -2.00. The average Bonchev–Trinajstić information content (AvgIpc) is 2.70. The van der Waals surface area contributed by atoms with Crippen molar-refractivity contribution in [2.75, 3.05) is 0 Å². The average molecular weight is 262 g/mol. The molecule has 19 heavy (non-hydrogen) atoms. The lowest BCUT2D eigenvalue weighted by atomic mass is 9.99. The van der Waals surface area contributed by atoms with Gasteiger partial charge in [0, 0.05) is 18.8 Å². The Morgan fingerprint density at radius 3 is 2.63 bits per heavy atom. The van der Waals surface area contributed by atoms with Gasteiger partial charge in [-0.1, -0.05) is 19.9 Å². The molecule has 4 nitrogen and oxygen atoms in total. The van der Waals surface area contributed by atoms with Gasteiger partial charge in [-0.05, 0) is 23.6 Å². The normalized spacial score (nSPS) is 11.0. The van der Waals surface area contributed by atoms with Crippen LogP contribution >= 0.6 is 0 Å². The van der Waals surface area contributed by atoms with Crippen LogP contribution in [-0.2, 0) is 7.05 Å². The minimum atomic E-state index is -1.26. The molecule has 0 atom stereocenters. The summed E-state index contributed by atoms with van der Waals surface area (Å²) in [5, 5.41) is 13.2. The lowest BCUT2D eigenvalue weighted by molar-refractivity contribution is 0.0692. The van der Waals surface area contributed by atoms with Gasteiger partial charge in [-0.15, -0.1) is 0 Å². The van der Waals surface area contributed by atoms with Crippen molar-refractivity contribution >= 4 is 5.97 Å². The molecule has 1 aromatic carbocycles. The smallest absolute Gasteiger partial charge is 0.338 e. The van der Waals surface area contributed by atoms with Gasteiger partial charge in [0.05, 0.1) is 11.3 Å². The number of carboxylic acid groups (broad SMARTS) is 1. The van der Waals surface area contributed by atoms with E-state index in [1.807, 2.05) is 20.0 Å². The summed E-state index contributed by atoms with van der Waals surface area (Å²) >= 11 is 0. The van der Waals surface area contributed by atoms with Gasteiger partial charge in [0.25, 0.3) is 0 Å². The Morgan fingerprint density at radius 1 is 1.42 bits per heavy atom. The number of aromatic nitrogens is 2. The Labute approximate surface area is 110 Å². The van der Waals surface area contributed by atoms with Crippen molar-refractivity contribution in [3.63, 3.8) is 0 Å². The maximum atomic E-state index is 13.7. The zero-order chi connectivity index (χ0) is 14.2. The quantitative estimate of drug-likeness (QED) is 0.924. The second-order valence-corrected chi connectivity index (χ2v) is 4.76. The van der Waals surface area contributed by atoms with Crippen LogP contribution in [0.2, 0.25) is 0 Å². The number of halogens is 1. The first-order chi connectivity index (χ1) is 8.90. The van der Waals surface area contributed by atoms with E-state index in [9.17, 15) is 9.18 Å². The van der Waals surface area contributed by atoms with Crippen molar-refractivity contribution in [3.8, 4) is 11.1 Å². The maximum absolute atomic E-state index is 13.7. The van der Waals surface area contributed by atoms with Crippen LogP contribution in [0.25, 0.3) is 11.1 Å². The van der Waals surface area contributed by atoms with Gasteiger partial charge in [0.1, 0.15) is 5.82 Å². The maximum Gasteiger partial charge on any atom is 0.338 e. The first-order valence-electron chi connectivity index (χ1n) is 5.97. The topological polar surface area (TPSA) is 55.1 Å². The summed E-state index contributed by atoms with van der Waals surface area (Å²) in [5.74, 6) is -1.79. The molecule has 0 saturated carbocycles. The largest absolute Gasteiger partial charge is 0.478 e. The third kappa shape index (κ3) is 2.50. The van der Waals surface area contributed by atoms with Gasteiger partial charge < -0.3 is 5.11 Å². The molecular weight excluding hydrogens is 247 g/mol. The SMILES string of the molecule is CC(C)c1nn(C)cc1-c1ccc(C(=O)O)c(F)c1. The number of hydrogen-bond acceptors (Lipinski definition) is 2. The second kappa shape index (κ2) is 4.84. The molecule has 1 aromatic heterocycles. The summed E-state index contributed by atoms with van der Waals surface area (Å²) in [7, 11) is 1.80. The number of benzene rings is 1. The minimum absolute atomic E-state index is 0.207. The van der Waals surface area contributed by atoms with Crippen LogP contribution in [0, 0.1) is 5.82 Å². The molecule has 0 unspecified atom stereocenters. The fourth-order valence-electron chi connectivity index (χ4n) is 2.01. The number of rotatable bonds is 3. The van der Waals surface area contributed by atoms with E-state index < -0.39 is 11.8 Å². The van der Waals surface area contributed by atoms with Gasteiger partial charge in [-0.3, -0.25) is 4.68 Å². The Bertz CT molecular complexity index is 632. The van der Waals surface area contributed by atoms with Crippen LogP contribution < -0.4 is 0 Å². The van der Waals surface area contributed by atoms with Gasteiger partial charge in [0.15, 0.2) is 0 Å². The fraction of sp³-hybridized carbons (Fsp3) is 0.286. The number of nitrogens with zero attached hydrogens (tertiary/aromatic N) is 2. The van der Waals surface area contributed by atoms with Crippen molar-refractivity contribution in [1.29, 1.82) is 0 Å². The molecule has 0 aliphatic carbocycles.